The molecule has 4 rings (SSSR count). The van der Waals surface area contributed by atoms with Crippen molar-refractivity contribution in [3.05, 3.63) is 59.2 Å². The van der Waals surface area contributed by atoms with Crippen LogP contribution in [0.15, 0.2) is 42.5 Å². The lowest BCUT2D eigenvalue weighted by Gasteiger charge is -2.32. The van der Waals surface area contributed by atoms with Gasteiger partial charge in [-0.1, -0.05) is 24.3 Å². The van der Waals surface area contributed by atoms with Crippen molar-refractivity contribution in [2.45, 2.75) is 18.7 Å². The van der Waals surface area contributed by atoms with Crippen LogP contribution in [0.2, 0.25) is 0 Å². The lowest BCUT2D eigenvalue weighted by molar-refractivity contribution is -0.122. The summed E-state index contributed by atoms with van der Waals surface area (Å²) in [6.45, 7) is 3.80. The molecule has 0 saturated carbocycles. The maximum absolute atomic E-state index is 13.0. The van der Waals surface area contributed by atoms with Crippen LogP contribution in [0.1, 0.15) is 16.7 Å². The van der Waals surface area contributed by atoms with E-state index in [0.717, 1.165) is 16.0 Å². The summed E-state index contributed by atoms with van der Waals surface area (Å²) in [6, 6.07) is 11.8. The molecular formula is C18H16N2O4S. The van der Waals surface area contributed by atoms with Crippen molar-refractivity contribution < 1.29 is 18.0 Å². The van der Waals surface area contributed by atoms with E-state index >= 15 is 0 Å². The molecule has 2 amide bonds. The van der Waals surface area contributed by atoms with Crippen molar-refractivity contribution in [1.29, 1.82) is 0 Å². The molecule has 1 saturated heterocycles. The maximum atomic E-state index is 13.0. The Morgan fingerprint density at radius 1 is 1.04 bits per heavy atom. The van der Waals surface area contributed by atoms with Crippen LogP contribution >= 0.6 is 0 Å². The molecule has 0 bridgehead atoms. The molecule has 25 heavy (non-hydrogen) atoms. The number of nitrogens with one attached hydrogen (secondary N) is 1. The normalized spacial score (nSPS) is 23.8. The zero-order chi connectivity index (χ0) is 18.0. The fourth-order valence-corrected chi connectivity index (χ4v) is 5.58. The van der Waals surface area contributed by atoms with Crippen LogP contribution in [-0.4, -0.2) is 26.0 Å². The molecule has 1 N–H and O–H groups in total. The minimum Gasteiger partial charge on any atom is -0.322 e. The van der Waals surface area contributed by atoms with Gasteiger partial charge in [0, 0.05) is 16.9 Å². The van der Waals surface area contributed by atoms with Crippen LogP contribution in [-0.2, 0) is 24.3 Å². The number of carbonyl (C=O) groups is 2. The van der Waals surface area contributed by atoms with E-state index in [2.05, 4.69) is 5.32 Å². The fraction of sp³-hybridized carbons (Fsp3) is 0.222. The molecule has 6 nitrogen and oxygen atoms in total. The third-order valence-corrected chi connectivity index (χ3v) is 7.04. The van der Waals surface area contributed by atoms with Gasteiger partial charge in [0.15, 0.2) is 9.84 Å². The number of benzene rings is 2. The number of fused-ring (bicyclic) bond motifs is 2. The molecule has 2 aromatic carbocycles. The molecule has 1 atom stereocenters. The maximum Gasteiger partial charge on any atom is 0.271 e. The molecule has 1 spiro atoms. The molecule has 2 aliphatic heterocycles. The van der Waals surface area contributed by atoms with E-state index in [-0.39, 0.29) is 0 Å². The van der Waals surface area contributed by atoms with Crippen molar-refractivity contribution >= 4 is 33.0 Å². The van der Waals surface area contributed by atoms with Gasteiger partial charge in [-0.2, -0.15) is 0 Å². The molecule has 1 fully saturated rings. The van der Waals surface area contributed by atoms with Crippen molar-refractivity contribution in [3.63, 3.8) is 0 Å². The summed E-state index contributed by atoms with van der Waals surface area (Å²) in [4.78, 5) is 24.6. The van der Waals surface area contributed by atoms with Crippen molar-refractivity contribution in [3.8, 4) is 0 Å². The fourth-order valence-electron chi connectivity index (χ4n) is 3.58. The number of nitrogens with zero attached hydrogens (tertiary/aromatic N) is 1. The van der Waals surface area contributed by atoms with Gasteiger partial charge in [-0.3, -0.25) is 14.5 Å². The molecular weight excluding hydrogens is 340 g/mol. The van der Waals surface area contributed by atoms with Gasteiger partial charge in [-0.05, 0) is 43.2 Å². The third kappa shape index (κ3) is 1.87. The van der Waals surface area contributed by atoms with Crippen molar-refractivity contribution in [1.82, 2.24) is 0 Å². The van der Waals surface area contributed by atoms with Crippen LogP contribution in [0.5, 0.6) is 0 Å². The van der Waals surface area contributed by atoms with E-state index in [1.807, 2.05) is 19.9 Å². The predicted molar refractivity (Wildman–Crippen MR) is 93.9 cm³/mol. The van der Waals surface area contributed by atoms with Gasteiger partial charge in [0.2, 0.25) is 5.91 Å². The van der Waals surface area contributed by atoms with Crippen LogP contribution in [0.4, 0.5) is 11.4 Å². The number of amides is 2. The van der Waals surface area contributed by atoms with Crippen molar-refractivity contribution in [2.75, 3.05) is 16.0 Å². The second-order valence-electron chi connectivity index (χ2n) is 6.40. The predicted octanol–water partition coefficient (Wildman–Crippen LogP) is 1.87. The quantitative estimate of drug-likeness (QED) is 0.845. The lowest BCUT2D eigenvalue weighted by atomic mass is 10.0. The van der Waals surface area contributed by atoms with E-state index in [1.165, 1.54) is 0 Å². The first-order chi connectivity index (χ1) is 11.8. The Labute approximate surface area is 145 Å². The Morgan fingerprint density at radius 3 is 2.48 bits per heavy atom. The number of sulfone groups is 1. The molecule has 0 aromatic heterocycles. The van der Waals surface area contributed by atoms with Gasteiger partial charge in [0.05, 0.1) is 0 Å². The Hall–Kier alpha value is -2.67. The molecule has 0 radical (unpaired) electrons. The first-order valence-electron chi connectivity index (χ1n) is 7.82. The number of anilines is 2. The Morgan fingerprint density at radius 2 is 1.76 bits per heavy atom. The summed E-state index contributed by atoms with van der Waals surface area (Å²) >= 11 is 0. The largest absolute Gasteiger partial charge is 0.322 e. The summed E-state index contributed by atoms with van der Waals surface area (Å²) in [7, 11) is -4.05. The molecule has 2 aliphatic rings. The average Bonchev–Trinajstić information content (AvgIpc) is 2.95. The van der Waals surface area contributed by atoms with Gasteiger partial charge in [-0.25, -0.2) is 8.42 Å². The SMILES string of the molecule is Cc1ccc(N2C(=O)CS(=O)(=O)[C@@]23C(=O)Nc2ccccc23)cc1C. The monoisotopic (exact) mass is 356 g/mol. The molecule has 0 aliphatic carbocycles. The third-order valence-electron chi connectivity index (χ3n) is 4.92. The number of carbonyl (C=O) groups excluding carboxylic acids is 2. The zero-order valence-electron chi connectivity index (χ0n) is 13.7. The number of aryl methyl sites for hydroxylation is 2. The molecule has 2 heterocycles. The van der Waals surface area contributed by atoms with Gasteiger partial charge in [-0.15, -0.1) is 0 Å². The first-order valence-corrected chi connectivity index (χ1v) is 9.48. The second-order valence-corrected chi connectivity index (χ2v) is 8.51. The molecule has 7 heteroatoms. The van der Waals surface area contributed by atoms with Crippen LogP contribution in [0, 0.1) is 13.8 Å². The summed E-state index contributed by atoms with van der Waals surface area (Å²) in [5, 5.41) is 2.62. The highest BCUT2D eigenvalue weighted by Gasteiger charge is 2.67. The summed E-state index contributed by atoms with van der Waals surface area (Å²) in [5.41, 5.74) is 3.05. The van der Waals surface area contributed by atoms with E-state index in [4.69, 9.17) is 0 Å². The number of rotatable bonds is 1. The minimum atomic E-state index is -4.05. The van der Waals surface area contributed by atoms with E-state index in [9.17, 15) is 18.0 Å². The molecule has 128 valence electrons. The highest BCUT2D eigenvalue weighted by molar-refractivity contribution is 7.94. The van der Waals surface area contributed by atoms with Crippen LogP contribution < -0.4 is 10.2 Å². The van der Waals surface area contributed by atoms with Gasteiger partial charge >= 0.3 is 0 Å². The lowest BCUT2D eigenvalue weighted by Crippen LogP contribution is -2.52. The van der Waals surface area contributed by atoms with E-state index < -0.39 is 32.3 Å². The van der Waals surface area contributed by atoms with Crippen LogP contribution in [0.3, 0.4) is 0 Å². The average molecular weight is 356 g/mol. The number of hydrogen-bond acceptors (Lipinski definition) is 4. The van der Waals surface area contributed by atoms with Crippen LogP contribution in [0.25, 0.3) is 0 Å². The Kier molecular flexibility index (Phi) is 3.12. The number of hydrogen-bond donors (Lipinski definition) is 1. The zero-order valence-corrected chi connectivity index (χ0v) is 14.6. The standard InChI is InChI=1S/C18H16N2O4S/c1-11-7-8-13(9-12(11)2)20-16(21)10-25(23,24)18(20)14-5-3-4-6-15(14)19-17(18)22/h3-9H,10H2,1-2H3,(H,19,22)/t18-/m0/s1. The summed E-state index contributed by atoms with van der Waals surface area (Å²) in [6.07, 6.45) is 0. The molecule has 2 aromatic rings. The second kappa shape index (κ2) is 4.92. The Balaban J connectivity index is 2.05. The Bertz CT molecular complexity index is 1040. The minimum absolute atomic E-state index is 0.295. The van der Waals surface area contributed by atoms with Gasteiger partial charge in [0.25, 0.3) is 10.8 Å². The molecule has 0 unspecified atom stereocenters. The van der Waals surface area contributed by atoms with E-state index in [1.54, 1.807) is 36.4 Å². The first kappa shape index (κ1) is 15.8. The summed E-state index contributed by atoms with van der Waals surface area (Å²) in [5.74, 6) is -2.00. The van der Waals surface area contributed by atoms with Crippen molar-refractivity contribution in [2.24, 2.45) is 0 Å². The highest BCUT2D eigenvalue weighted by Crippen LogP contribution is 2.50. The van der Waals surface area contributed by atoms with Gasteiger partial charge < -0.3 is 5.32 Å². The highest BCUT2D eigenvalue weighted by atomic mass is 32.2. The number of para-hydroxylation sites is 1. The van der Waals surface area contributed by atoms with Gasteiger partial charge in [0.1, 0.15) is 5.75 Å². The van der Waals surface area contributed by atoms with E-state index in [0.29, 0.717) is 16.9 Å². The smallest absolute Gasteiger partial charge is 0.271 e. The topological polar surface area (TPSA) is 83.6 Å². The summed E-state index contributed by atoms with van der Waals surface area (Å²) < 4.78 is 26.0.